The molecule has 0 aromatic heterocycles. The molecule has 0 fully saturated rings. The van der Waals surface area contributed by atoms with Crippen molar-refractivity contribution in [1.29, 1.82) is 0 Å². The number of ether oxygens (including phenoxy) is 1. The molecule has 25 heavy (non-hydrogen) atoms. The van der Waals surface area contributed by atoms with Crippen LogP contribution in [0.3, 0.4) is 0 Å². The molecule has 1 aliphatic heterocycles. The number of fused-ring (bicyclic) bond motifs is 1. The van der Waals surface area contributed by atoms with Gasteiger partial charge in [-0.2, -0.15) is 0 Å². The lowest BCUT2D eigenvalue weighted by Crippen LogP contribution is -2.16. The Hall–Kier alpha value is -2.65. The van der Waals surface area contributed by atoms with Crippen molar-refractivity contribution in [3.8, 4) is 16.9 Å². The van der Waals surface area contributed by atoms with E-state index in [0.29, 0.717) is 17.2 Å². The highest BCUT2D eigenvalue weighted by atomic mass is 35.5. The first kappa shape index (κ1) is 15.9. The van der Waals surface area contributed by atoms with Gasteiger partial charge >= 0.3 is 0 Å². The summed E-state index contributed by atoms with van der Waals surface area (Å²) in [6, 6.07) is 18.2. The van der Waals surface area contributed by atoms with Crippen LogP contribution >= 0.6 is 11.6 Å². The van der Waals surface area contributed by atoms with Gasteiger partial charge < -0.3 is 4.74 Å². The van der Waals surface area contributed by atoms with Crippen LogP contribution in [0.5, 0.6) is 5.75 Å². The molecule has 1 aliphatic rings. The Balaban J connectivity index is 1.68. The first-order valence-electron chi connectivity index (χ1n) is 7.97. The zero-order valence-corrected chi connectivity index (χ0v) is 14.3. The first-order chi connectivity index (χ1) is 12.1. The van der Waals surface area contributed by atoms with E-state index in [1.807, 2.05) is 43.3 Å². The van der Waals surface area contributed by atoms with E-state index in [2.05, 4.69) is 4.99 Å². The van der Waals surface area contributed by atoms with E-state index in [4.69, 9.17) is 16.3 Å². The third-order valence-corrected chi connectivity index (χ3v) is 4.43. The predicted molar refractivity (Wildman–Crippen MR) is 99.7 cm³/mol. The Morgan fingerprint density at radius 1 is 0.960 bits per heavy atom. The zero-order valence-electron chi connectivity index (χ0n) is 13.6. The van der Waals surface area contributed by atoms with Crippen LogP contribution in [0, 0.1) is 12.7 Å². The quantitative estimate of drug-likeness (QED) is 0.557. The molecule has 0 atom stereocenters. The number of hydrogen-bond acceptors (Lipinski definition) is 2. The van der Waals surface area contributed by atoms with Crippen molar-refractivity contribution in [2.75, 3.05) is 6.61 Å². The molecule has 0 N–H and O–H groups in total. The highest BCUT2D eigenvalue weighted by Crippen LogP contribution is 2.34. The topological polar surface area (TPSA) is 21.6 Å². The van der Waals surface area contributed by atoms with Gasteiger partial charge in [-0.3, -0.25) is 0 Å². The maximum atomic E-state index is 14.1. The van der Waals surface area contributed by atoms with Crippen LogP contribution in [0.2, 0.25) is 5.02 Å². The molecular weight excluding hydrogens is 337 g/mol. The first-order valence-corrected chi connectivity index (χ1v) is 8.35. The summed E-state index contributed by atoms with van der Waals surface area (Å²) in [5.74, 6) is 0.506. The standard InChI is InChI=1S/C21H15ClFNO/c1-13-2-8-18(23)17(10-13)14-3-5-15(6-4-14)20-12-25-21-9-7-16(22)11-19(21)24-20/h2-11H,12H2,1H3. The van der Waals surface area contributed by atoms with Gasteiger partial charge in [0, 0.05) is 10.6 Å². The zero-order chi connectivity index (χ0) is 17.4. The number of hydrogen-bond donors (Lipinski definition) is 0. The lowest BCUT2D eigenvalue weighted by molar-refractivity contribution is 0.373. The Kier molecular flexibility index (Phi) is 4.02. The van der Waals surface area contributed by atoms with Crippen LogP contribution in [0.4, 0.5) is 10.1 Å². The van der Waals surface area contributed by atoms with Gasteiger partial charge in [0.25, 0.3) is 0 Å². The second-order valence-corrected chi connectivity index (χ2v) is 6.46. The van der Waals surface area contributed by atoms with Crippen molar-refractivity contribution >= 4 is 23.0 Å². The molecule has 124 valence electrons. The molecule has 0 saturated carbocycles. The van der Waals surface area contributed by atoms with Gasteiger partial charge in [0.1, 0.15) is 23.9 Å². The monoisotopic (exact) mass is 351 g/mol. The molecular formula is C21H15ClFNO. The summed E-state index contributed by atoms with van der Waals surface area (Å²) in [6.45, 7) is 2.35. The van der Waals surface area contributed by atoms with Crippen LogP contribution < -0.4 is 4.74 Å². The van der Waals surface area contributed by atoms with Crippen molar-refractivity contribution in [3.05, 3.63) is 82.6 Å². The van der Waals surface area contributed by atoms with Gasteiger partial charge in [0.2, 0.25) is 0 Å². The number of halogens is 2. The summed E-state index contributed by atoms with van der Waals surface area (Å²) in [7, 11) is 0. The SMILES string of the molecule is Cc1ccc(F)c(-c2ccc(C3=Nc4cc(Cl)ccc4OC3)cc2)c1. The van der Waals surface area contributed by atoms with Crippen LogP contribution in [0.15, 0.2) is 65.7 Å². The third kappa shape index (κ3) is 3.15. The number of rotatable bonds is 2. The minimum atomic E-state index is -0.222. The van der Waals surface area contributed by atoms with Crippen molar-refractivity contribution in [2.24, 2.45) is 4.99 Å². The summed E-state index contributed by atoms with van der Waals surface area (Å²) >= 11 is 6.03. The maximum Gasteiger partial charge on any atom is 0.145 e. The van der Waals surface area contributed by atoms with E-state index in [9.17, 15) is 4.39 Å². The molecule has 2 nitrogen and oxygen atoms in total. The van der Waals surface area contributed by atoms with Gasteiger partial charge in [-0.25, -0.2) is 9.38 Å². The summed E-state index contributed by atoms with van der Waals surface area (Å²) in [6.07, 6.45) is 0. The summed E-state index contributed by atoms with van der Waals surface area (Å²) in [4.78, 5) is 4.64. The summed E-state index contributed by atoms with van der Waals surface area (Å²) < 4.78 is 19.8. The van der Waals surface area contributed by atoms with Crippen LogP contribution in [-0.2, 0) is 0 Å². The summed E-state index contributed by atoms with van der Waals surface area (Å²) in [5.41, 5.74) is 4.96. The van der Waals surface area contributed by atoms with Gasteiger partial charge in [-0.05, 0) is 48.4 Å². The van der Waals surface area contributed by atoms with Gasteiger partial charge in [-0.1, -0.05) is 47.5 Å². The van der Waals surface area contributed by atoms with E-state index in [1.165, 1.54) is 6.07 Å². The van der Waals surface area contributed by atoms with Crippen LogP contribution in [0.1, 0.15) is 11.1 Å². The molecule has 0 bridgehead atoms. The molecule has 1 heterocycles. The van der Waals surface area contributed by atoms with Gasteiger partial charge in [-0.15, -0.1) is 0 Å². The molecule has 4 heteroatoms. The van der Waals surface area contributed by atoms with Crippen molar-refractivity contribution in [3.63, 3.8) is 0 Å². The normalized spacial score (nSPS) is 13.0. The molecule has 0 saturated heterocycles. The second kappa shape index (κ2) is 6.34. The fraction of sp³-hybridized carbons (Fsp3) is 0.0952. The number of nitrogens with zero attached hydrogens (tertiary/aromatic N) is 1. The maximum absolute atomic E-state index is 14.1. The van der Waals surface area contributed by atoms with Crippen molar-refractivity contribution < 1.29 is 9.13 Å². The molecule has 0 unspecified atom stereocenters. The van der Waals surface area contributed by atoms with E-state index in [-0.39, 0.29) is 5.82 Å². The highest BCUT2D eigenvalue weighted by Gasteiger charge is 2.15. The molecule has 0 aliphatic carbocycles. The smallest absolute Gasteiger partial charge is 0.145 e. The molecule has 0 amide bonds. The number of benzene rings is 3. The fourth-order valence-electron chi connectivity index (χ4n) is 2.87. The van der Waals surface area contributed by atoms with E-state index in [1.54, 1.807) is 18.2 Å². The molecule has 3 aromatic carbocycles. The highest BCUT2D eigenvalue weighted by molar-refractivity contribution is 6.31. The molecule has 0 spiro atoms. The average Bonchev–Trinajstić information content (AvgIpc) is 2.63. The lowest BCUT2D eigenvalue weighted by atomic mass is 10.00. The van der Waals surface area contributed by atoms with Crippen molar-refractivity contribution in [1.82, 2.24) is 0 Å². The minimum Gasteiger partial charge on any atom is -0.485 e. The molecule has 0 radical (unpaired) electrons. The fourth-order valence-corrected chi connectivity index (χ4v) is 3.04. The Bertz CT molecular complexity index is 980. The van der Waals surface area contributed by atoms with Gasteiger partial charge in [0.15, 0.2) is 0 Å². The van der Waals surface area contributed by atoms with E-state index < -0.39 is 0 Å². The largest absolute Gasteiger partial charge is 0.485 e. The Labute approximate surface area is 150 Å². The lowest BCUT2D eigenvalue weighted by Gasteiger charge is -2.17. The van der Waals surface area contributed by atoms with E-state index >= 15 is 0 Å². The average molecular weight is 352 g/mol. The number of aryl methyl sites for hydroxylation is 1. The third-order valence-electron chi connectivity index (χ3n) is 4.19. The van der Waals surface area contributed by atoms with Crippen LogP contribution in [0.25, 0.3) is 11.1 Å². The Morgan fingerprint density at radius 3 is 2.52 bits per heavy atom. The van der Waals surface area contributed by atoms with Crippen LogP contribution in [-0.4, -0.2) is 12.3 Å². The van der Waals surface area contributed by atoms with E-state index in [0.717, 1.165) is 33.8 Å². The van der Waals surface area contributed by atoms with Gasteiger partial charge in [0.05, 0.1) is 5.71 Å². The number of aliphatic imine (C=N–C) groups is 1. The predicted octanol–water partition coefficient (Wildman–Crippen LogP) is 5.97. The Morgan fingerprint density at radius 2 is 1.72 bits per heavy atom. The summed E-state index contributed by atoms with van der Waals surface area (Å²) in [5, 5.41) is 0.623. The molecule has 3 aromatic rings. The minimum absolute atomic E-state index is 0.222. The second-order valence-electron chi connectivity index (χ2n) is 6.02. The van der Waals surface area contributed by atoms with Crippen molar-refractivity contribution in [2.45, 2.75) is 6.92 Å². The molecule has 4 rings (SSSR count).